The van der Waals surface area contributed by atoms with Gasteiger partial charge in [0, 0.05) is 24.3 Å². The molecule has 1 fully saturated rings. The predicted octanol–water partition coefficient (Wildman–Crippen LogP) is 1.28. The predicted molar refractivity (Wildman–Crippen MR) is 75.7 cm³/mol. The summed E-state index contributed by atoms with van der Waals surface area (Å²) in [6.45, 7) is 0.0592. The third-order valence-corrected chi connectivity index (χ3v) is 5.06. The topological polar surface area (TPSA) is 79.3 Å². The largest absolute Gasteiger partial charge is 0.391 e. The molecule has 1 aliphatic carbocycles. The van der Waals surface area contributed by atoms with Gasteiger partial charge in [0.1, 0.15) is 0 Å². The quantitative estimate of drug-likeness (QED) is 0.870. The molecule has 0 radical (unpaired) electrons. The van der Waals surface area contributed by atoms with Crippen molar-refractivity contribution in [1.82, 2.24) is 9.71 Å². The van der Waals surface area contributed by atoms with E-state index in [2.05, 4.69) is 9.71 Å². The molecule has 1 unspecified atom stereocenters. The molecule has 1 heterocycles. The van der Waals surface area contributed by atoms with Crippen molar-refractivity contribution in [2.24, 2.45) is 5.92 Å². The SMILES string of the molecule is O=S(=O)(NCC(O)C1CC1)c1cccc2ccncc12. The van der Waals surface area contributed by atoms with Crippen molar-refractivity contribution in [3.05, 3.63) is 36.7 Å². The van der Waals surface area contributed by atoms with Crippen LogP contribution in [-0.4, -0.2) is 31.2 Å². The van der Waals surface area contributed by atoms with Crippen LogP contribution in [0.1, 0.15) is 12.8 Å². The fourth-order valence-corrected chi connectivity index (χ4v) is 3.50. The highest BCUT2D eigenvalue weighted by Gasteiger charge is 2.30. The van der Waals surface area contributed by atoms with Crippen LogP contribution in [0.3, 0.4) is 0 Å². The van der Waals surface area contributed by atoms with Crippen molar-refractivity contribution in [3.8, 4) is 0 Å². The number of hydrogen-bond donors (Lipinski definition) is 2. The molecule has 1 aromatic heterocycles. The highest BCUT2D eigenvalue weighted by molar-refractivity contribution is 7.89. The van der Waals surface area contributed by atoms with E-state index in [0.29, 0.717) is 5.39 Å². The maximum atomic E-state index is 12.3. The molecule has 2 N–H and O–H groups in total. The van der Waals surface area contributed by atoms with E-state index in [4.69, 9.17) is 0 Å². The highest BCUT2D eigenvalue weighted by atomic mass is 32.2. The van der Waals surface area contributed by atoms with E-state index in [-0.39, 0.29) is 17.4 Å². The number of pyridine rings is 1. The number of nitrogens with zero attached hydrogens (tertiary/aromatic N) is 1. The summed E-state index contributed by atoms with van der Waals surface area (Å²) in [5.74, 6) is 0.242. The number of aliphatic hydroxyl groups is 1. The first-order valence-corrected chi connectivity index (χ1v) is 8.07. The van der Waals surface area contributed by atoms with Gasteiger partial charge in [-0.2, -0.15) is 0 Å². The fourth-order valence-electron chi connectivity index (χ4n) is 2.24. The van der Waals surface area contributed by atoms with Gasteiger partial charge < -0.3 is 5.11 Å². The van der Waals surface area contributed by atoms with Crippen LogP contribution in [-0.2, 0) is 10.0 Å². The minimum Gasteiger partial charge on any atom is -0.391 e. The van der Waals surface area contributed by atoms with Crippen molar-refractivity contribution in [2.45, 2.75) is 23.8 Å². The zero-order valence-corrected chi connectivity index (χ0v) is 11.7. The molecule has 20 heavy (non-hydrogen) atoms. The lowest BCUT2D eigenvalue weighted by molar-refractivity contribution is 0.155. The van der Waals surface area contributed by atoms with E-state index in [0.717, 1.165) is 18.2 Å². The summed E-state index contributed by atoms with van der Waals surface area (Å²) in [5.41, 5.74) is 0. The molecule has 1 aliphatic rings. The summed E-state index contributed by atoms with van der Waals surface area (Å²) in [5, 5.41) is 11.2. The van der Waals surface area contributed by atoms with Crippen LogP contribution in [0.4, 0.5) is 0 Å². The maximum absolute atomic E-state index is 12.3. The maximum Gasteiger partial charge on any atom is 0.241 e. The van der Waals surface area contributed by atoms with Crippen LogP contribution in [0, 0.1) is 5.92 Å². The van der Waals surface area contributed by atoms with Gasteiger partial charge in [0.15, 0.2) is 0 Å². The Hall–Kier alpha value is -1.50. The summed E-state index contributed by atoms with van der Waals surface area (Å²) in [4.78, 5) is 4.18. The monoisotopic (exact) mass is 292 g/mol. The van der Waals surface area contributed by atoms with Gasteiger partial charge in [0.2, 0.25) is 10.0 Å². The molecule has 0 aliphatic heterocycles. The molecule has 5 nitrogen and oxygen atoms in total. The lowest BCUT2D eigenvalue weighted by Gasteiger charge is -2.12. The first-order chi connectivity index (χ1) is 9.58. The minimum absolute atomic E-state index is 0.0592. The number of fused-ring (bicyclic) bond motifs is 1. The Kier molecular flexibility index (Phi) is 3.45. The second-order valence-corrected chi connectivity index (χ2v) is 6.85. The third kappa shape index (κ3) is 2.67. The van der Waals surface area contributed by atoms with E-state index >= 15 is 0 Å². The lowest BCUT2D eigenvalue weighted by atomic mass is 10.2. The molecule has 2 aromatic rings. The summed E-state index contributed by atoms with van der Waals surface area (Å²) in [7, 11) is -3.64. The van der Waals surface area contributed by atoms with Gasteiger partial charge >= 0.3 is 0 Å². The zero-order valence-electron chi connectivity index (χ0n) is 10.9. The Balaban J connectivity index is 1.88. The zero-order chi connectivity index (χ0) is 14.2. The molecule has 1 atom stereocenters. The Morgan fingerprint density at radius 2 is 2.15 bits per heavy atom. The summed E-state index contributed by atoms with van der Waals surface area (Å²) in [6.07, 6.45) is 4.52. The lowest BCUT2D eigenvalue weighted by Crippen LogP contribution is -2.33. The van der Waals surface area contributed by atoms with Crippen LogP contribution in [0.25, 0.3) is 10.8 Å². The van der Waals surface area contributed by atoms with Crippen molar-refractivity contribution in [2.75, 3.05) is 6.54 Å². The summed E-state index contributed by atoms with van der Waals surface area (Å²) < 4.78 is 27.2. The molecular formula is C14H16N2O3S. The van der Waals surface area contributed by atoms with Crippen LogP contribution >= 0.6 is 0 Å². The van der Waals surface area contributed by atoms with Gasteiger partial charge in [-0.15, -0.1) is 0 Å². The third-order valence-electron chi connectivity index (χ3n) is 3.58. The normalized spacial score (nSPS) is 17.2. The van der Waals surface area contributed by atoms with Gasteiger partial charge in [-0.3, -0.25) is 4.98 Å². The number of aliphatic hydroxyl groups excluding tert-OH is 1. The van der Waals surface area contributed by atoms with Crippen molar-refractivity contribution in [3.63, 3.8) is 0 Å². The van der Waals surface area contributed by atoms with Gasteiger partial charge in [0.25, 0.3) is 0 Å². The number of hydrogen-bond acceptors (Lipinski definition) is 4. The Labute approximate surface area is 117 Å². The Morgan fingerprint density at radius 1 is 1.35 bits per heavy atom. The first kappa shape index (κ1) is 13.5. The van der Waals surface area contributed by atoms with Gasteiger partial charge in [-0.25, -0.2) is 13.1 Å². The molecule has 0 spiro atoms. The Morgan fingerprint density at radius 3 is 2.90 bits per heavy atom. The van der Waals surface area contributed by atoms with E-state index in [9.17, 15) is 13.5 Å². The van der Waals surface area contributed by atoms with Gasteiger partial charge in [-0.1, -0.05) is 12.1 Å². The number of sulfonamides is 1. The van der Waals surface area contributed by atoms with Crippen molar-refractivity contribution >= 4 is 20.8 Å². The molecule has 1 aromatic carbocycles. The summed E-state index contributed by atoms with van der Waals surface area (Å²) >= 11 is 0. The molecule has 0 bridgehead atoms. The smallest absolute Gasteiger partial charge is 0.241 e. The fraction of sp³-hybridized carbons (Fsp3) is 0.357. The number of nitrogens with one attached hydrogen (secondary N) is 1. The average Bonchev–Trinajstić information content (AvgIpc) is 3.29. The molecular weight excluding hydrogens is 276 g/mol. The molecule has 6 heteroatoms. The van der Waals surface area contributed by atoms with Gasteiger partial charge in [-0.05, 0) is 36.3 Å². The van der Waals surface area contributed by atoms with E-state index in [1.54, 1.807) is 30.6 Å². The Bertz CT molecular complexity index is 721. The van der Waals surface area contributed by atoms with Crippen LogP contribution < -0.4 is 4.72 Å². The van der Waals surface area contributed by atoms with E-state index in [1.165, 1.54) is 0 Å². The second kappa shape index (κ2) is 5.12. The minimum atomic E-state index is -3.64. The van der Waals surface area contributed by atoms with Crippen LogP contribution in [0.5, 0.6) is 0 Å². The molecule has 3 rings (SSSR count). The van der Waals surface area contributed by atoms with Gasteiger partial charge in [0.05, 0.1) is 11.0 Å². The van der Waals surface area contributed by atoms with Crippen LogP contribution in [0.2, 0.25) is 0 Å². The molecule has 0 amide bonds. The second-order valence-electron chi connectivity index (χ2n) is 5.11. The molecule has 106 valence electrons. The number of rotatable bonds is 5. The summed E-state index contributed by atoms with van der Waals surface area (Å²) in [6, 6.07) is 6.87. The molecule has 1 saturated carbocycles. The van der Waals surface area contributed by atoms with E-state index in [1.807, 2.05) is 6.07 Å². The van der Waals surface area contributed by atoms with Crippen LogP contribution in [0.15, 0.2) is 41.6 Å². The van der Waals surface area contributed by atoms with E-state index < -0.39 is 16.1 Å². The molecule has 0 saturated heterocycles. The van der Waals surface area contributed by atoms with Crippen molar-refractivity contribution in [1.29, 1.82) is 0 Å². The first-order valence-electron chi connectivity index (χ1n) is 6.58. The van der Waals surface area contributed by atoms with Crippen molar-refractivity contribution < 1.29 is 13.5 Å². The standard InChI is InChI=1S/C14H16N2O3S/c17-13(11-4-5-11)9-16-20(18,19)14-3-1-2-10-6-7-15-8-12(10)14/h1-3,6-8,11,13,16-17H,4-5,9H2. The number of aromatic nitrogens is 1. The number of benzene rings is 1. The highest BCUT2D eigenvalue weighted by Crippen LogP contribution is 2.32. The average molecular weight is 292 g/mol.